The standard InChI is InChI=1S/C11H17N3OS/c1-3-16-5-4-9(2)14-11(15)10-6-12-8-13-7-10/h6-9H,3-5H2,1-2H3,(H,14,15). The summed E-state index contributed by atoms with van der Waals surface area (Å²) in [6.07, 6.45) is 5.45. The second kappa shape index (κ2) is 7.22. The molecular weight excluding hydrogens is 222 g/mol. The monoisotopic (exact) mass is 239 g/mol. The first kappa shape index (κ1) is 13.0. The molecule has 5 heteroatoms. The Bertz CT molecular complexity index is 318. The van der Waals surface area contributed by atoms with E-state index in [2.05, 4.69) is 22.2 Å². The molecule has 1 aromatic heterocycles. The predicted octanol–water partition coefficient (Wildman–Crippen LogP) is 1.74. The van der Waals surface area contributed by atoms with E-state index < -0.39 is 0 Å². The molecule has 1 amide bonds. The number of nitrogens with one attached hydrogen (secondary N) is 1. The van der Waals surface area contributed by atoms with Crippen molar-refractivity contribution in [2.45, 2.75) is 26.3 Å². The third kappa shape index (κ3) is 4.61. The average Bonchev–Trinajstić information content (AvgIpc) is 2.30. The molecule has 1 heterocycles. The third-order valence-corrected chi connectivity index (χ3v) is 3.03. The first-order valence-corrected chi connectivity index (χ1v) is 6.53. The fourth-order valence-corrected chi connectivity index (χ4v) is 2.01. The Labute approximate surface area is 100 Å². The summed E-state index contributed by atoms with van der Waals surface area (Å²) >= 11 is 1.88. The molecule has 16 heavy (non-hydrogen) atoms. The van der Waals surface area contributed by atoms with Crippen molar-refractivity contribution in [2.24, 2.45) is 0 Å². The maximum Gasteiger partial charge on any atom is 0.254 e. The fourth-order valence-electron chi connectivity index (χ4n) is 1.20. The smallest absolute Gasteiger partial charge is 0.254 e. The zero-order chi connectivity index (χ0) is 11.8. The van der Waals surface area contributed by atoms with E-state index in [1.165, 1.54) is 18.7 Å². The van der Waals surface area contributed by atoms with Crippen molar-refractivity contribution in [1.82, 2.24) is 15.3 Å². The number of hydrogen-bond acceptors (Lipinski definition) is 4. The van der Waals surface area contributed by atoms with Gasteiger partial charge in [-0.25, -0.2) is 9.97 Å². The molecule has 0 aromatic carbocycles. The molecule has 0 radical (unpaired) electrons. The van der Waals surface area contributed by atoms with Crippen LogP contribution >= 0.6 is 11.8 Å². The number of amides is 1. The van der Waals surface area contributed by atoms with Crippen LogP contribution in [0.15, 0.2) is 18.7 Å². The van der Waals surface area contributed by atoms with Gasteiger partial charge in [-0.1, -0.05) is 6.92 Å². The lowest BCUT2D eigenvalue weighted by Gasteiger charge is -2.12. The van der Waals surface area contributed by atoms with Crippen molar-refractivity contribution >= 4 is 17.7 Å². The van der Waals surface area contributed by atoms with Crippen LogP contribution in [0.5, 0.6) is 0 Å². The van der Waals surface area contributed by atoms with Crippen LogP contribution in [0.3, 0.4) is 0 Å². The van der Waals surface area contributed by atoms with Gasteiger partial charge in [-0.3, -0.25) is 4.79 Å². The highest BCUT2D eigenvalue weighted by molar-refractivity contribution is 7.99. The lowest BCUT2D eigenvalue weighted by molar-refractivity contribution is 0.0939. The van der Waals surface area contributed by atoms with Gasteiger partial charge >= 0.3 is 0 Å². The van der Waals surface area contributed by atoms with Crippen molar-refractivity contribution < 1.29 is 4.79 Å². The first-order valence-electron chi connectivity index (χ1n) is 5.37. The number of hydrogen-bond donors (Lipinski definition) is 1. The molecular formula is C11H17N3OS. The molecule has 0 aliphatic carbocycles. The van der Waals surface area contributed by atoms with E-state index in [1.807, 2.05) is 18.7 Å². The highest BCUT2D eigenvalue weighted by Gasteiger charge is 2.09. The minimum absolute atomic E-state index is 0.102. The van der Waals surface area contributed by atoms with Gasteiger partial charge in [0.05, 0.1) is 5.56 Å². The molecule has 4 nitrogen and oxygen atoms in total. The Morgan fingerprint density at radius 2 is 2.19 bits per heavy atom. The summed E-state index contributed by atoms with van der Waals surface area (Å²) < 4.78 is 0. The SMILES string of the molecule is CCSCCC(C)NC(=O)c1cncnc1. The van der Waals surface area contributed by atoms with Gasteiger partial charge in [0.1, 0.15) is 6.33 Å². The van der Waals surface area contributed by atoms with Gasteiger partial charge in [-0.05, 0) is 24.9 Å². The van der Waals surface area contributed by atoms with E-state index in [9.17, 15) is 4.79 Å². The largest absolute Gasteiger partial charge is 0.349 e. The quantitative estimate of drug-likeness (QED) is 0.768. The molecule has 0 fully saturated rings. The van der Waals surface area contributed by atoms with Gasteiger partial charge < -0.3 is 5.32 Å². The van der Waals surface area contributed by atoms with E-state index in [-0.39, 0.29) is 11.9 Å². The van der Waals surface area contributed by atoms with E-state index in [4.69, 9.17) is 0 Å². The molecule has 1 aromatic rings. The summed E-state index contributed by atoms with van der Waals surface area (Å²) in [6, 6.07) is 0.187. The van der Waals surface area contributed by atoms with Gasteiger partial charge in [0.25, 0.3) is 5.91 Å². The predicted molar refractivity (Wildman–Crippen MR) is 66.6 cm³/mol. The Hall–Kier alpha value is -1.10. The molecule has 1 atom stereocenters. The second-order valence-corrected chi connectivity index (χ2v) is 4.88. The maximum absolute atomic E-state index is 11.7. The number of nitrogens with zero attached hydrogens (tertiary/aromatic N) is 2. The van der Waals surface area contributed by atoms with Crippen molar-refractivity contribution in [2.75, 3.05) is 11.5 Å². The van der Waals surface area contributed by atoms with E-state index >= 15 is 0 Å². The molecule has 1 rings (SSSR count). The third-order valence-electron chi connectivity index (χ3n) is 2.10. The topological polar surface area (TPSA) is 54.9 Å². The van der Waals surface area contributed by atoms with Gasteiger partial charge in [-0.15, -0.1) is 0 Å². The highest BCUT2D eigenvalue weighted by Crippen LogP contribution is 2.04. The minimum Gasteiger partial charge on any atom is -0.349 e. The Balaban J connectivity index is 2.34. The zero-order valence-electron chi connectivity index (χ0n) is 9.64. The first-order chi connectivity index (χ1) is 7.74. The van der Waals surface area contributed by atoms with Crippen LogP contribution in [0.1, 0.15) is 30.6 Å². The maximum atomic E-state index is 11.7. The number of carbonyl (C=O) groups excluding carboxylic acids is 1. The normalized spacial score (nSPS) is 12.1. The molecule has 0 aliphatic heterocycles. The minimum atomic E-state index is -0.102. The number of aromatic nitrogens is 2. The summed E-state index contributed by atoms with van der Waals surface area (Å²) in [5.41, 5.74) is 0.512. The van der Waals surface area contributed by atoms with Crippen molar-refractivity contribution in [1.29, 1.82) is 0 Å². The Morgan fingerprint density at radius 3 is 2.81 bits per heavy atom. The van der Waals surface area contributed by atoms with Crippen LogP contribution in [-0.4, -0.2) is 33.4 Å². The average molecular weight is 239 g/mol. The van der Waals surface area contributed by atoms with Crippen LogP contribution in [0.4, 0.5) is 0 Å². The van der Waals surface area contributed by atoms with Gasteiger partial charge in [-0.2, -0.15) is 11.8 Å². The van der Waals surface area contributed by atoms with Crippen LogP contribution in [-0.2, 0) is 0 Å². The molecule has 0 saturated carbocycles. The van der Waals surface area contributed by atoms with Gasteiger partial charge in [0.15, 0.2) is 0 Å². The highest BCUT2D eigenvalue weighted by atomic mass is 32.2. The van der Waals surface area contributed by atoms with Gasteiger partial charge in [0.2, 0.25) is 0 Å². The molecule has 1 unspecified atom stereocenters. The van der Waals surface area contributed by atoms with Crippen LogP contribution < -0.4 is 5.32 Å². The second-order valence-electron chi connectivity index (χ2n) is 3.49. The lowest BCUT2D eigenvalue weighted by Crippen LogP contribution is -2.33. The van der Waals surface area contributed by atoms with E-state index in [0.29, 0.717) is 5.56 Å². The summed E-state index contributed by atoms with van der Waals surface area (Å²) in [7, 11) is 0. The molecule has 0 bridgehead atoms. The van der Waals surface area contributed by atoms with Crippen molar-refractivity contribution in [3.63, 3.8) is 0 Å². The Kier molecular flexibility index (Phi) is 5.85. The summed E-state index contributed by atoms with van der Waals surface area (Å²) in [6.45, 7) is 4.15. The van der Waals surface area contributed by atoms with Gasteiger partial charge in [0, 0.05) is 18.4 Å². The molecule has 0 spiro atoms. The number of rotatable bonds is 6. The van der Waals surface area contributed by atoms with Crippen molar-refractivity contribution in [3.8, 4) is 0 Å². The zero-order valence-corrected chi connectivity index (χ0v) is 10.5. The molecule has 0 aliphatic rings. The van der Waals surface area contributed by atoms with E-state index in [1.54, 1.807) is 0 Å². The number of carbonyl (C=O) groups is 1. The summed E-state index contributed by atoms with van der Waals surface area (Å²) in [5, 5.41) is 2.92. The Morgan fingerprint density at radius 1 is 1.50 bits per heavy atom. The van der Waals surface area contributed by atoms with Crippen molar-refractivity contribution in [3.05, 3.63) is 24.3 Å². The molecule has 1 N–H and O–H groups in total. The molecule has 0 saturated heterocycles. The summed E-state index contributed by atoms with van der Waals surface area (Å²) in [5.74, 6) is 2.09. The van der Waals surface area contributed by atoms with Crippen LogP contribution in [0, 0.1) is 0 Å². The molecule has 88 valence electrons. The lowest BCUT2D eigenvalue weighted by atomic mass is 10.2. The van der Waals surface area contributed by atoms with Crippen LogP contribution in [0.25, 0.3) is 0 Å². The number of thioether (sulfide) groups is 1. The van der Waals surface area contributed by atoms with E-state index in [0.717, 1.165) is 17.9 Å². The summed E-state index contributed by atoms with van der Waals surface area (Å²) in [4.78, 5) is 19.3. The fraction of sp³-hybridized carbons (Fsp3) is 0.545. The van der Waals surface area contributed by atoms with Crippen LogP contribution in [0.2, 0.25) is 0 Å².